The summed E-state index contributed by atoms with van der Waals surface area (Å²) in [7, 11) is -4.43. The fourth-order valence-corrected chi connectivity index (χ4v) is 2.75. The summed E-state index contributed by atoms with van der Waals surface area (Å²) in [5, 5.41) is 9.57. The van der Waals surface area contributed by atoms with Gasteiger partial charge in [0, 0.05) is 0 Å². The molecule has 0 amide bonds. The minimum absolute atomic E-state index is 0.380. The summed E-state index contributed by atoms with van der Waals surface area (Å²) in [6, 6.07) is 0. The fraction of sp³-hybridized carbons (Fsp3) is 0.933. The zero-order valence-corrected chi connectivity index (χ0v) is 14.1. The molecule has 0 aliphatic carbocycles. The molecule has 4 N–H and O–H groups in total. The molecule has 0 rings (SSSR count). The summed E-state index contributed by atoms with van der Waals surface area (Å²) in [6.07, 6.45) is 11.2. The van der Waals surface area contributed by atoms with Gasteiger partial charge in [-0.15, -0.1) is 0 Å². The number of rotatable bonds is 14. The van der Waals surface area contributed by atoms with E-state index in [9.17, 15) is 9.90 Å². The van der Waals surface area contributed by atoms with Gasteiger partial charge in [-0.3, -0.25) is 0 Å². The molecule has 0 spiro atoms. The first kappa shape index (κ1) is 20.9. The Hall–Kier alpha value is -0.0600. The molecular formula is C15H32O5P+. The van der Waals surface area contributed by atoms with Gasteiger partial charge >= 0.3 is 13.5 Å². The van der Waals surface area contributed by atoms with Gasteiger partial charge in [0.2, 0.25) is 0 Å². The molecule has 0 bridgehead atoms. The second-order valence-corrected chi connectivity index (χ2v) is 7.43. The number of carbonyl (C=O) groups is 1. The summed E-state index contributed by atoms with van der Waals surface area (Å²) >= 11 is 0. The summed E-state index contributed by atoms with van der Waals surface area (Å²) < 4.78 is 0. The number of unbranched alkanes of at least 4 members (excludes halogenated alkanes) is 9. The highest BCUT2D eigenvalue weighted by Gasteiger charge is 2.42. The van der Waals surface area contributed by atoms with E-state index < -0.39 is 19.6 Å². The van der Waals surface area contributed by atoms with Crippen LogP contribution in [0.4, 0.5) is 0 Å². The molecule has 0 aromatic heterocycles. The molecule has 6 heteroatoms. The normalized spacial score (nSPS) is 13.4. The Morgan fingerprint density at radius 3 is 1.71 bits per heavy atom. The van der Waals surface area contributed by atoms with Gasteiger partial charge in [-0.1, -0.05) is 71.1 Å². The van der Waals surface area contributed by atoms with Crippen LogP contribution in [0.2, 0.25) is 0 Å². The van der Waals surface area contributed by atoms with Crippen molar-refractivity contribution in [1.82, 2.24) is 0 Å². The lowest BCUT2D eigenvalue weighted by atomic mass is 10.0. The van der Waals surface area contributed by atoms with E-state index in [-0.39, 0.29) is 6.42 Å². The van der Waals surface area contributed by atoms with Crippen LogP contribution in [0.1, 0.15) is 84.0 Å². The van der Waals surface area contributed by atoms with Crippen molar-refractivity contribution >= 4 is 13.5 Å². The van der Waals surface area contributed by atoms with Gasteiger partial charge in [0.15, 0.2) is 0 Å². The van der Waals surface area contributed by atoms with Gasteiger partial charge in [-0.2, -0.15) is 14.7 Å². The minimum Gasteiger partial charge on any atom is -0.393 e. The Bertz CT molecular complexity index is 265. The molecule has 0 aliphatic heterocycles. The van der Waals surface area contributed by atoms with Crippen molar-refractivity contribution in [3.63, 3.8) is 0 Å². The highest BCUT2D eigenvalue weighted by molar-refractivity contribution is 7.76. The van der Waals surface area contributed by atoms with Crippen LogP contribution in [-0.4, -0.2) is 31.4 Å². The number of aliphatic hydroxyl groups excluding tert-OH is 1. The van der Waals surface area contributed by atoms with Gasteiger partial charge in [0.1, 0.15) is 0 Å². The van der Waals surface area contributed by atoms with Gasteiger partial charge in [-0.25, -0.2) is 4.79 Å². The molecule has 126 valence electrons. The molecule has 0 saturated carbocycles. The number of carbonyl (C=O) groups excluding carboxylic acids is 1. The summed E-state index contributed by atoms with van der Waals surface area (Å²) in [5.74, 6) is 0. The summed E-state index contributed by atoms with van der Waals surface area (Å²) in [6.45, 7) is 2.21. The molecule has 0 aromatic rings. The van der Waals surface area contributed by atoms with E-state index >= 15 is 0 Å². The van der Waals surface area contributed by atoms with Crippen LogP contribution in [0, 0.1) is 0 Å². The maximum absolute atomic E-state index is 11.1. The highest BCUT2D eigenvalue weighted by Crippen LogP contribution is 2.46. The molecule has 5 nitrogen and oxygen atoms in total. The Morgan fingerprint density at radius 2 is 1.29 bits per heavy atom. The lowest BCUT2D eigenvalue weighted by Gasteiger charge is -2.09. The predicted octanol–water partition coefficient (Wildman–Crippen LogP) is 3.31. The molecule has 0 heterocycles. The Kier molecular flexibility index (Phi) is 12.4. The van der Waals surface area contributed by atoms with E-state index in [0.29, 0.717) is 6.42 Å². The molecule has 0 radical (unpaired) electrons. The van der Waals surface area contributed by atoms with E-state index in [4.69, 9.17) is 14.7 Å². The zero-order chi connectivity index (χ0) is 16.1. The van der Waals surface area contributed by atoms with Crippen molar-refractivity contribution in [2.24, 2.45) is 0 Å². The van der Waals surface area contributed by atoms with Crippen LogP contribution < -0.4 is 0 Å². The van der Waals surface area contributed by atoms with Crippen LogP contribution in [-0.2, 0) is 4.79 Å². The zero-order valence-electron chi connectivity index (χ0n) is 13.2. The Balaban J connectivity index is 3.37. The monoisotopic (exact) mass is 323 g/mol. The molecule has 0 aliphatic rings. The van der Waals surface area contributed by atoms with Crippen molar-refractivity contribution in [3.05, 3.63) is 0 Å². The third kappa shape index (κ3) is 13.3. The van der Waals surface area contributed by atoms with Crippen LogP contribution in [0.3, 0.4) is 0 Å². The third-order valence-corrected chi connectivity index (χ3v) is 4.49. The standard InChI is InChI=1S/C15H32O5P/c1-2-3-4-5-6-7-8-9-10-11-12-14(16)13-15(17)21(18,19)20/h14,16,18-20H,2-13H2,1H3/q+1. The number of hydrogen-bond acceptors (Lipinski definition) is 5. The van der Waals surface area contributed by atoms with Crippen molar-refractivity contribution in [1.29, 1.82) is 0 Å². The van der Waals surface area contributed by atoms with E-state index in [2.05, 4.69) is 6.92 Å². The smallest absolute Gasteiger partial charge is 0.393 e. The average molecular weight is 323 g/mol. The Morgan fingerprint density at radius 1 is 0.857 bits per heavy atom. The number of aliphatic hydroxyl groups is 1. The van der Waals surface area contributed by atoms with Crippen molar-refractivity contribution in [2.75, 3.05) is 0 Å². The average Bonchev–Trinajstić information content (AvgIpc) is 2.39. The minimum atomic E-state index is -4.43. The first-order valence-corrected chi connectivity index (χ1v) is 9.81. The van der Waals surface area contributed by atoms with E-state index in [1.807, 2.05) is 0 Å². The second kappa shape index (κ2) is 12.5. The second-order valence-electron chi connectivity index (χ2n) is 5.79. The first-order valence-electron chi connectivity index (χ1n) is 8.16. The van der Waals surface area contributed by atoms with Crippen molar-refractivity contribution < 1.29 is 24.6 Å². The van der Waals surface area contributed by atoms with Crippen molar-refractivity contribution in [2.45, 2.75) is 90.1 Å². The quantitative estimate of drug-likeness (QED) is 0.290. The van der Waals surface area contributed by atoms with Crippen LogP contribution in [0.15, 0.2) is 0 Å². The van der Waals surface area contributed by atoms with Gasteiger partial charge < -0.3 is 5.11 Å². The lowest BCUT2D eigenvalue weighted by molar-refractivity contribution is -0.116. The van der Waals surface area contributed by atoms with Gasteiger partial charge in [0.05, 0.1) is 12.5 Å². The Labute approximate surface area is 129 Å². The summed E-state index contributed by atoms with van der Waals surface area (Å²) in [4.78, 5) is 37.3. The van der Waals surface area contributed by atoms with E-state index in [1.54, 1.807) is 0 Å². The third-order valence-electron chi connectivity index (χ3n) is 3.64. The topological polar surface area (TPSA) is 98.0 Å². The highest BCUT2D eigenvalue weighted by atomic mass is 31.2. The summed E-state index contributed by atoms with van der Waals surface area (Å²) in [5.41, 5.74) is -1.05. The SMILES string of the molecule is CCCCCCCCCCCCC(O)CC(=O)[P+](O)(O)O. The predicted molar refractivity (Wildman–Crippen MR) is 85.7 cm³/mol. The lowest BCUT2D eigenvalue weighted by Crippen LogP contribution is -2.15. The molecule has 21 heavy (non-hydrogen) atoms. The van der Waals surface area contributed by atoms with Crippen LogP contribution >= 0.6 is 7.94 Å². The number of hydrogen-bond donors (Lipinski definition) is 4. The molecule has 0 fully saturated rings. The molecule has 0 saturated heterocycles. The molecule has 1 atom stereocenters. The maximum atomic E-state index is 11.1. The molecule has 1 unspecified atom stereocenters. The fourth-order valence-electron chi connectivity index (χ4n) is 2.29. The molecular weight excluding hydrogens is 291 g/mol. The van der Waals surface area contributed by atoms with E-state index in [1.165, 1.54) is 44.9 Å². The van der Waals surface area contributed by atoms with Gasteiger partial charge in [0.25, 0.3) is 0 Å². The van der Waals surface area contributed by atoms with Crippen molar-refractivity contribution in [3.8, 4) is 0 Å². The first-order chi connectivity index (χ1) is 9.88. The maximum Gasteiger partial charge on any atom is 0.478 e. The van der Waals surface area contributed by atoms with E-state index in [0.717, 1.165) is 19.3 Å². The van der Waals surface area contributed by atoms with Gasteiger partial charge in [-0.05, 0) is 6.42 Å². The van der Waals surface area contributed by atoms with Crippen LogP contribution in [0.25, 0.3) is 0 Å². The largest absolute Gasteiger partial charge is 0.478 e. The molecule has 0 aromatic carbocycles. The van der Waals surface area contributed by atoms with Crippen LogP contribution in [0.5, 0.6) is 0 Å².